The fraction of sp³-hybridized carbons (Fsp3) is 0.200. The summed E-state index contributed by atoms with van der Waals surface area (Å²) in [6, 6.07) is 15.5. The second kappa shape index (κ2) is 8.54. The zero-order chi connectivity index (χ0) is 22.9. The van der Waals surface area contributed by atoms with Gasteiger partial charge in [-0.1, -0.05) is 36.4 Å². The Labute approximate surface area is 188 Å². The van der Waals surface area contributed by atoms with Crippen LogP contribution in [0.5, 0.6) is 0 Å². The molecule has 0 aliphatic carbocycles. The normalized spacial score (nSPS) is 16.2. The summed E-state index contributed by atoms with van der Waals surface area (Å²) in [4.78, 5) is 28.1. The number of halogens is 2. The maximum Gasteiger partial charge on any atom is 0.254 e. The molecule has 0 saturated carbocycles. The van der Waals surface area contributed by atoms with Gasteiger partial charge < -0.3 is 4.90 Å². The van der Waals surface area contributed by atoms with E-state index in [1.54, 1.807) is 35.2 Å². The number of likely N-dealkylation sites (tertiary alicyclic amines) is 1. The highest BCUT2D eigenvalue weighted by atomic mass is 19.2. The number of hydrogen-bond donors (Lipinski definition) is 0. The molecule has 5 rings (SSSR count). The van der Waals surface area contributed by atoms with Gasteiger partial charge in [-0.25, -0.2) is 8.78 Å². The first kappa shape index (κ1) is 20.9. The van der Waals surface area contributed by atoms with Gasteiger partial charge in [0.2, 0.25) is 0 Å². The third-order valence-electron chi connectivity index (χ3n) is 5.99. The van der Waals surface area contributed by atoms with Gasteiger partial charge in [0.1, 0.15) is 5.82 Å². The second-order valence-corrected chi connectivity index (χ2v) is 8.08. The van der Waals surface area contributed by atoms with Crippen LogP contribution in [-0.2, 0) is 0 Å². The Bertz CT molecular complexity index is 1350. The highest BCUT2D eigenvalue weighted by Crippen LogP contribution is 2.28. The summed E-state index contributed by atoms with van der Waals surface area (Å²) in [5.41, 5.74) is 0.714. The molecule has 6 nitrogen and oxygen atoms in total. The molecule has 1 atom stereocenters. The van der Waals surface area contributed by atoms with Crippen LogP contribution in [0.2, 0.25) is 0 Å². The average molecular weight is 446 g/mol. The van der Waals surface area contributed by atoms with Crippen molar-refractivity contribution in [3.63, 3.8) is 0 Å². The minimum absolute atomic E-state index is 0.0707. The summed E-state index contributed by atoms with van der Waals surface area (Å²) >= 11 is 0. The van der Waals surface area contributed by atoms with E-state index in [4.69, 9.17) is 0 Å². The van der Waals surface area contributed by atoms with Crippen molar-refractivity contribution >= 4 is 17.3 Å². The molecule has 0 bridgehead atoms. The van der Waals surface area contributed by atoms with Gasteiger partial charge in [-0.05, 0) is 37.1 Å². The van der Waals surface area contributed by atoms with E-state index < -0.39 is 23.3 Å². The summed E-state index contributed by atoms with van der Waals surface area (Å²) in [6.07, 6.45) is 3.40. The largest absolute Gasteiger partial charge is 0.338 e. The minimum Gasteiger partial charge on any atom is -0.338 e. The highest BCUT2D eigenvalue weighted by molar-refractivity contribution is 6.15. The number of hydrogen-bond acceptors (Lipinski definition) is 4. The van der Waals surface area contributed by atoms with E-state index >= 15 is 0 Å². The van der Waals surface area contributed by atoms with E-state index in [0.717, 1.165) is 24.4 Å². The third-order valence-corrected chi connectivity index (χ3v) is 5.99. The van der Waals surface area contributed by atoms with Crippen LogP contribution in [-0.4, -0.2) is 44.3 Å². The monoisotopic (exact) mass is 446 g/mol. The van der Waals surface area contributed by atoms with Gasteiger partial charge in [0, 0.05) is 36.3 Å². The van der Waals surface area contributed by atoms with Crippen molar-refractivity contribution in [3.05, 3.63) is 101 Å². The fourth-order valence-electron chi connectivity index (χ4n) is 4.34. The van der Waals surface area contributed by atoms with Crippen LogP contribution in [0, 0.1) is 11.6 Å². The van der Waals surface area contributed by atoms with Crippen molar-refractivity contribution < 1.29 is 18.4 Å². The molecule has 4 aromatic rings. The first-order chi connectivity index (χ1) is 16.0. The van der Waals surface area contributed by atoms with Crippen molar-refractivity contribution in [2.45, 2.75) is 18.8 Å². The smallest absolute Gasteiger partial charge is 0.254 e. The maximum atomic E-state index is 14.1. The average Bonchev–Trinajstić information content (AvgIpc) is 3.29. The summed E-state index contributed by atoms with van der Waals surface area (Å²) in [7, 11) is 0. The molecule has 0 spiro atoms. The fourth-order valence-corrected chi connectivity index (χ4v) is 4.34. The van der Waals surface area contributed by atoms with E-state index in [-0.39, 0.29) is 17.0 Å². The lowest BCUT2D eigenvalue weighted by atomic mass is 9.94. The van der Waals surface area contributed by atoms with Crippen LogP contribution in [0.4, 0.5) is 8.78 Å². The predicted molar refractivity (Wildman–Crippen MR) is 117 cm³/mol. The molecule has 1 amide bonds. The number of aromatic nitrogens is 3. The lowest BCUT2D eigenvalue weighted by Crippen LogP contribution is -2.40. The Balaban J connectivity index is 1.47. The lowest BCUT2D eigenvalue weighted by molar-refractivity contribution is 0.0700. The molecular formula is C25H20F2N4O2. The zero-order valence-electron chi connectivity index (χ0n) is 17.6. The third kappa shape index (κ3) is 3.88. The van der Waals surface area contributed by atoms with Gasteiger partial charge in [0.05, 0.1) is 5.56 Å². The van der Waals surface area contributed by atoms with Crippen molar-refractivity contribution in [3.8, 4) is 0 Å². The molecule has 2 aromatic heterocycles. The molecule has 1 fully saturated rings. The number of rotatable bonds is 4. The van der Waals surface area contributed by atoms with Crippen molar-refractivity contribution in [2.75, 3.05) is 13.1 Å². The van der Waals surface area contributed by atoms with Gasteiger partial charge in [-0.2, -0.15) is 0 Å². The number of carbonyl (C=O) groups is 2. The Kier molecular flexibility index (Phi) is 5.42. The number of benzene rings is 2. The molecule has 1 saturated heterocycles. The van der Waals surface area contributed by atoms with Crippen molar-refractivity contribution in [1.82, 2.24) is 19.5 Å². The van der Waals surface area contributed by atoms with Crippen LogP contribution >= 0.6 is 0 Å². The van der Waals surface area contributed by atoms with Crippen LogP contribution in [0.1, 0.15) is 50.9 Å². The van der Waals surface area contributed by atoms with Gasteiger partial charge in [0.25, 0.3) is 5.91 Å². The van der Waals surface area contributed by atoms with Gasteiger partial charge in [0.15, 0.2) is 23.1 Å². The van der Waals surface area contributed by atoms with E-state index in [1.807, 2.05) is 28.8 Å². The number of fused-ring (bicyclic) bond motifs is 1. The number of pyridine rings is 1. The molecule has 0 radical (unpaired) electrons. The minimum atomic E-state index is -1.17. The molecule has 1 aliphatic rings. The molecular weight excluding hydrogens is 426 g/mol. The Morgan fingerprint density at radius 1 is 0.909 bits per heavy atom. The molecule has 1 unspecified atom stereocenters. The lowest BCUT2D eigenvalue weighted by Gasteiger charge is -2.32. The standard InChI is InChI=1S/C25H20F2N4O2/c26-20-13-18(23(32)16-7-2-1-3-8-16)19(14-21(20)27)25(33)30-11-6-9-17(15-30)24-29-28-22-10-4-5-12-31(22)24/h1-5,7-8,10,12-14,17H,6,9,11,15H2. The molecule has 8 heteroatoms. The van der Waals surface area contributed by atoms with Crippen molar-refractivity contribution in [2.24, 2.45) is 0 Å². The summed E-state index contributed by atoms with van der Waals surface area (Å²) in [6.45, 7) is 0.788. The molecule has 33 heavy (non-hydrogen) atoms. The predicted octanol–water partition coefficient (Wildman–Crippen LogP) is 4.26. The van der Waals surface area contributed by atoms with Gasteiger partial charge in [-0.3, -0.25) is 14.0 Å². The molecule has 3 heterocycles. The van der Waals surface area contributed by atoms with Crippen LogP contribution in [0.15, 0.2) is 66.9 Å². The Morgan fingerprint density at radius 3 is 2.42 bits per heavy atom. The van der Waals surface area contributed by atoms with Gasteiger partial charge in [-0.15, -0.1) is 10.2 Å². The SMILES string of the molecule is O=C(c1ccccc1)c1cc(F)c(F)cc1C(=O)N1CCCC(c2nnc3ccccn23)C1. The molecule has 1 aliphatic heterocycles. The molecule has 0 N–H and O–H groups in total. The van der Waals surface area contributed by atoms with Crippen molar-refractivity contribution in [1.29, 1.82) is 0 Å². The van der Waals surface area contributed by atoms with E-state index in [0.29, 0.717) is 30.7 Å². The Morgan fingerprint density at radius 2 is 1.64 bits per heavy atom. The number of piperidine rings is 1. The summed E-state index contributed by atoms with van der Waals surface area (Å²) in [5.74, 6) is -2.70. The highest BCUT2D eigenvalue weighted by Gasteiger charge is 2.31. The molecule has 166 valence electrons. The van der Waals surface area contributed by atoms with Crippen LogP contribution in [0.25, 0.3) is 5.65 Å². The van der Waals surface area contributed by atoms with E-state index in [1.165, 1.54) is 0 Å². The summed E-state index contributed by atoms with van der Waals surface area (Å²) in [5, 5.41) is 8.50. The second-order valence-electron chi connectivity index (χ2n) is 8.08. The van der Waals surface area contributed by atoms with Crippen LogP contribution < -0.4 is 0 Å². The quantitative estimate of drug-likeness (QED) is 0.440. The topological polar surface area (TPSA) is 67.6 Å². The first-order valence-corrected chi connectivity index (χ1v) is 10.7. The maximum absolute atomic E-state index is 14.1. The number of amides is 1. The zero-order valence-corrected chi connectivity index (χ0v) is 17.6. The number of ketones is 1. The summed E-state index contributed by atoms with van der Waals surface area (Å²) < 4.78 is 30.1. The van der Waals surface area contributed by atoms with Crippen LogP contribution in [0.3, 0.4) is 0 Å². The Hall–Kier alpha value is -3.94. The number of nitrogens with zero attached hydrogens (tertiary/aromatic N) is 4. The van der Waals surface area contributed by atoms with E-state index in [2.05, 4.69) is 10.2 Å². The molecule has 2 aromatic carbocycles. The number of carbonyl (C=O) groups excluding carboxylic acids is 2. The van der Waals surface area contributed by atoms with Gasteiger partial charge >= 0.3 is 0 Å². The first-order valence-electron chi connectivity index (χ1n) is 10.7. The van der Waals surface area contributed by atoms with E-state index in [9.17, 15) is 18.4 Å².